The zero-order chi connectivity index (χ0) is 16.9. The molecule has 0 bridgehead atoms. The van der Waals surface area contributed by atoms with Crippen molar-refractivity contribution in [2.75, 3.05) is 0 Å². The fraction of sp³-hybridized carbons (Fsp3) is 0.550. The van der Waals surface area contributed by atoms with Crippen molar-refractivity contribution in [1.29, 1.82) is 0 Å². The van der Waals surface area contributed by atoms with E-state index in [1.807, 2.05) is 24.3 Å². The molecular formula is C20H25ClO3. The summed E-state index contributed by atoms with van der Waals surface area (Å²) in [6.45, 7) is 0. The van der Waals surface area contributed by atoms with Gasteiger partial charge in [-0.1, -0.05) is 55.5 Å². The molecule has 0 amide bonds. The van der Waals surface area contributed by atoms with Crippen molar-refractivity contribution >= 4 is 23.6 Å². The van der Waals surface area contributed by atoms with E-state index in [4.69, 9.17) is 16.3 Å². The minimum absolute atomic E-state index is 0.0871. The van der Waals surface area contributed by atoms with Gasteiger partial charge in [-0.05, 0) is 42.0 Å². The second-order valence-electron chi connectivity index (χ2n) is 6.91. The third-order valence-electron chi connectivity index (χ3n) is 5.05. The van der Waals surface area contributed by atoms with Crippen LogP contribution in [0.1, 0.15) is 68.4 Å². The van der Waals surface area contributed by atoms with Crippen molar-refractivity contribution < 1.29 is 14.6 Å². The summed E-state index contributed by atoms with van der Waals surface area (Å²) in [4.78, 5) is 11.5. The minimum atomic E-state index is -0.617. The summed E-state index contributed by atoms with van der Waals surface area (Å²) in [5.74, 6) is 0.205. The van der Waals surface area contributed by atoms with Gasteiger partial charge in [0.1, 0.15) is 6.10 Å². The second kappa shape index (κ2) is 8.17. The van der Waals surface area contributed by atoms with Crippen LogP contribution in [0.4, 0.5) is 0 Å². The molecular weight excluding hydrogens is 324 g/mol. The Bertz CT molecular complexity index is 603. The molecule has 1 aliphatic heterocycles. The molecule has 2 aliphatic rings. The van der Waals surface area contributed by atoms with E-state index in [1.54, 1.807) is 0 Å². The lowest BCUT2D eigenvalue weighted by molar-refractivity contribution is -0.156. The van der Waals surface area contributed by atoms with Crippen molar-refractivity contribution in [3.8, 4) is 0 Å². The van der Waals surface area contributed by atoms with E-state index in [0.717, 1.165) is 10.6 Å². The summed E-state index contributed by atoms with van der Waals surface area (Å²) in [5.41, 5.74) is 2.32. The lowest BCUT2D eigenvalue weighted by atomic mass is 9.88. The number of hydrogen-bond acceptors (Lipinski definition) is 3. The molecule has 3 nitrogen and oxygen atoms in total. The molecule has 0 spiro atoms. The van der Waals surface area contributed by atoms with Crippen LogP contribution in [0.3, 0.4) is 0 Å². The van der Waals surface area contributed by atoms with E-state index in [0.29, 0.717) is 12.3 Å². The Kier molecular flexibility index (Phi) is 5.96. The summed E-state index contributed by atoms with van der Waals surface area (Å²) in [6, 6.07) is 6.09. The molecule has 2 atom stereocenters. The van der Waals surface area contributed by atoms with Crippen LogP contribution in [0.15, 0.2) is 24.3 Å². The van der Waals surface area contributed by atoms with Crippen LogP contribution in [0.25, 0.3) is 6.08 Å². The zero-order valence-electron chi connectivity index (χ0n) is 13.9. The fourth-order valence-corrected chi connectivity index (χ4v) is 4.05. The van der Waals surface area contributed by atoms with Crippen LogP contribution in [0, 0.1) is 0 Å². The van der Waals surface area contributed by atoms with Crippen LogP contribution in [-0.2, 0) is 9.53 Å². The summed E-state index contributed by atoms with van der Waals surface area (Å²) >= 11 is 6.46. The second-order valence-corrected chi connectivity index (χ2v) is 7.32. The standard InChI is InChI=1S/C20H25ClO3/c21-19-9-5-8-17(14-6-3-1-2-4-7-14)18(19)11-10-16-12-15(22)13-20(23)24-16/h5,8-11,14-16,22H,1-4,6-7,12-13H2. The van der Waals surface area contributed by atoms with E-state index >= 15 is 0 Å². The lowest BCUT2D eigenvalue weighted by Crippen LogP contribution is -2.31. The normalized spacial score (nSPS) is 26.3. The third kappa shape index (κ3) is 4.40. The van der Waals surface area contributed by atoms with Gasteiger partial charge in [0.2, 0.25) is 0 Å². The molecule has 24 heavy (non-hydrogen) atoms. The van der Waals surface area contributed by atoms with Gasteiger partial charge >= 0.3 is 5.97 Å². The molecule has 2 fully saturated rings. The first-order valence-corrected chi connectivity index (χ1v) is 9.35. The minimum Gasteiger partial charge on any atom is -0.458 e. The maximum atomic E-state index is 11.5. The number of rotatable bonds is 3. The van der Waals surface area contributed by atoms with E-state index < -0.39 is 6.10 Å². The fourth-order valence-electron chi connectivity index (χ4n) is 3.81. The molecule has 1 heterocycles. The van der Waals surface area contributed by atoms with Crippen LogP contribution >= 0.6 is 11.6 Å². The predicted molar refractivity (Wildman–Crippen MR) is 96.0 cm³/mol. The first kappa shape index (κ1) is 17.5. The summed E-state index contributed by atoms with van der Waals surface area (Å²) < 4.78 is 5.29. The third-order valence-corrected chi connectivity index (χ3v) is 5.38. The Balaban J connectivity index is 1.81. The first-order valence-electron chi connectivity index (χ1n) is 8.97. The van der Waals surface area contributed by atoms with E-state index in [2.05, 4.69) is 6.07 Å². The number of esters is 1. The zero-order valence-corrected chi connectivity index (χ0v) is 14.7. The van der Waals surface area contributed by atoms with E-state index in [1.165, 1.54) is 44.1 Å². The molecule has 0 aromatic heterocycles. The average Bonchev–Trinajstić information content (AvgIpc) is 2.82. The quantitative estimate of drug-likeness (QED) is 0.627. The smallest absolute Gasteiger partial charge is 0.309 e. The largest absolute Gasteiger partial charge is 0.458 e. The molecule has 130 valence electrons. The molecule has 1 aliphatic carbocycles. The SMILES string of the molecule is O=C1CC(O)CC(C=Cc2c(Cl)cccc2C2CCCCCC2)O1. The number of hydrogen-bond donors (Lipinski definition) is 1. The van der Waals surface area contributed by atoms with Gasteiger partial charge in [-0.3, -0.25) is 4.79 Å². The number of aliphatic hydroxyl groups is 1. The monoisotopic (exact) mass is 348 g/mol. The summed E-state index contributed by atoms with van der Waals surface area (Å²) in [6.07, 6.45) is 11.0. The summed E-state index contributed by atoms with van der Waals surface area (Å²) in [5, 5.41) is 10.5. The number of carbonyl (C=O) groups excluding carboxylic acids is 1. The van der Waals surface area contributed by atoms with E-state index in [9.17, 15) is 9.90 Å². The Morgan fingerprint density at radius 3 is 2.62 bits per heavy atom. The molecule has 3 rings (SSSR count). The number of ether oxygens (including phenoxy) is 1. The van der Waals surface area contributed by atoms with Crippen LogP contribution in [0.5, 0.6) is 0 Å². The number of cyclic esters (lactones) is 1. The predicted octanol–water partition coefficient (Wildman–Crippen LogP) is 4.86. The highest BCUT2D eigenvalue weighted by Gasteiger charge is 2.25. The van der Waals surface area contributed by atoms with Gasteiger partial charge in [0.15, 0.2) is 0 Å². The van der Waals surface area contributed by atoms with Crippen LogP contribution in [0.2, 0.25) is 5.02 Å². The maximum Gasteiger partial charge on any atom is 0.309 e. The Morgan fingerprint density at radius 1 is 1.17 bits per heavy atom. The molecule has 4 heteroatoms. The summed E-state index contributed by atoms with van der Waals surface area (Å²) in [7, 11) is 0. The highest BCUT2D eigenvalue weighted by molar-refractivity contribution is 6.32. The molecule has 0 radical (unpaired) electrons. The van der Waals surface area contributed by atoms with Gasteiger partial charge < -0.3 is 9.84 Å². The van der Waals surface area contributed by atoms with Crippen molar-refractivity contribution in [2.45, 2.75) is 69.5 Å². The van der Waals surface area contributed by atoms with Gasteiger partial charge in [0.25, 0.3) is 0 Å². The van der Waals surface area contributed by atoms with Crippen molar-refractivity contribution in [1.82, 2.24) is 0 Å². The van der Waals surface area contributed by atoms with Crippen molar-refractivity contribution in [2.24, 2.45) is 0 Å². The van der Waals surface area contributed by atoms with E-state index in [-0.39, 0.29) is 18.5 Å². The van der Waals surface area contributed by atoms with Crippen molar-refractivity contribution in [3.63, 3.8) is 0 Å². The number of carbonyl (C=O) groups is 1. The topological polar surface area (TPSA) is 46.5 Å². The Morgan fingerprint density at radius 2 is 1.92 bits per heavy atom. The Labute approximate surface area is 148 Å². The Hall–Kier alpha value is -1.32. The first-order chi connectivity index (χ1) is 11.6. The molecule has 1 N–H and O–H groups in total. The lowest BCUT2D eigenvalue weighted by Gasteiger charge is -2.24. The highest BCUT2D eigenvalue weighted by atomic mass is 35.5. The number of halogens is 1. The van der Waals surface area contributed by atoms with Gasteiger partial charge in [0, 0.05) is 11.4 Å². The molecule has 1 saturated carbocycles. The van der Waals surface area contributed by atoms with Crippen LogP contribution < -0.4 is 0 Å². The van der Waals surface area contributed by atoms with Crippen LogP contribution in [-0.4, -0.2) is 23.3 Å². The van der Waals surface area contributed by atoms with Crippen molar-refractivity contribution in [3.05, 3.63) is 40.4 Å². The molecule has 1 aromatic rings. The van der Waals surface area contributed by atoms with Gasteiger partial charge in [-0.15, -0.1) is 0 Å². The number of aliphatic hydroxyl groups excluding tert-OH is 1. The van der Waals surface area contributed by atoms with Gasteiger partial charge in [-0.2, -0.15) is 0 Å². The number of benzene rings is 1. The molecule has 2 unspecified atom stereocenters. The maximum absolute atomic E-state index is 11.5. The molecule has 1 aromatic carbocycles. The average molecular weight is 349 g/mol. The molecule has 1 saturated heterocycles. The van der Waals surface area contributed by atoms with Gasteiger partial charge in [-0.25, -0.2) is 0 Å². The van der Waals surface area contributed by atoms with Gasteiger partial charge in [0.05, 0.1) is 12.5 Å². The highest BCUT2D eigenvalue weighted by Crippen LogP contribution is 2.36.